The van der Waals surface area contributed by atoms with Gasteiger partial charge in [-0.1, -0.05) is 52.0 Å². The predicted molar refractivity (Wildman–Crippen MR) is 123 cm³/mol. The third kappa shape index (κ3) is 9.94. The van der Waals surface area contributed by atoms with Gasteiger partial charge < -0.3 is 9.47 Å². The lowest BCUT2D eigenvalue weighted by Gasteiger charge is -2.08. The molecule has 0 unspecified atom stereocenters. The van der Waals surface area contributed by atoms with Crippen LogP contribution < -0.4 is 4.74 Å². The molecule has 1 aromatic carbocycles. The van der Waals surface area contributed by atoms with Gasteiger partial charge in [-0.2, -0.15) is 0 Å². The predicted octanol–water partition coefficient (Wildman–Crippen LogP) is 7.24. The van der Waals surface area contributed by atoms with E-state index in [0.29, 0.717) is 0 Å². The Morgan fingerprint density at radius 2 is 1.45 bits per heavy atom. The molecule has 0 fully saturated rings. The van der Waals surface area contributed by atoms with Gasteiger partial charge in [0.15, 0.2) is 0 Å². The van der Waals surface area contributed by atoms with Gasteiger partial charge in [0.2, 0.25) is 0 Å². The summed E-state index contributed by atoms with van der Waals surface area (Å²) in [6, 6.07) is 12.6. The van der Waals surface area contributed by atoms with Crippen molar-refractivity contribution in [3.8, 4) is 17.0 Å². The van der Waals surface area contributed by atoms with Gasteiger partial charge in [-0.15, -0.1) is 0 Å². The molecule has 0 aliphatic carbocycles. The summed E-state index contributed by atoms with van der Waals surface area (Å²) in [7, 11) is 0. The molecule has 3 heteroatoms. The van der Waals surface area contributed by atoms with Crippen molar-refractivity contribution in [1.29, 1.82) is 0 Å². The molecule has 29 heavy (non-hydrogen) atoms. The lowest BCUT2D eigenvalue weighted by atomic mass is 10.1. The van der Waals surface area contributed by atoms with Crippen molar-refractivity contribution in [1.82, 2.24) is 4.98 Å². The molecule has 3 nitrogen and oxygen atoms in total. The number of ether oxygens (including phenoxy) is 2. The first-order chi connectivity index (χ1) is 14.3. The summed E-state index contributed by atoms with van der Waals surface area (Å²) in [5.41, 5.74) is 3.50. The molecule has 160 valence electrons. The minimum atomic E-state index is 0.736. The van der Waals surface area contributed by atoms with E-state index >= 15 is 0 Å². The highest BCUT2D eigenvalue weighted by molar-refractivity contribution is 5.60. The highest BCUT2D eigenvalue weighted by Crippen LogP contribution is 2.21. The number of hydrogen-bond donors (Lipinski definition) is 0. The zero-order chi connectivity index (χ0) is 20.6. The smallest absolute Gasteiger partial charge is 0.119 e. The third-order valence-electron chi connectivity index (χ3n) is 5.09. The zero-order valence-corrected chi connectivity index (χ0v) is 18.5. The monoisotopic (exact) mass is 397 g/mol. The van der Waals surface area contributed by atoms with Crippen LogP contribution >= 0.6 is 0 Å². The Morgan fingerprint density at radius 3 is 2.17 bits per heavy atom. The SMILES string of the molecule is CCCCCCCCc1ccc(-c2ccc(OCCCCOCCC)cc2)nc1. The molecule has 0 amide bonds. The molecule has 0 spiro atoms. The maximum atomic E-state index is 5.83. The molecular formula is C26H39NO2. The lowest BCUT2D eigenvalue weighted by Crippen LogP contribution is -2.01. The van der Waals surface area contributed by atoms with E-state index in [4.69, 9.17) is 9.47 Å². The van der Waals surface area contributed by atoms with Crippen molar-refractivity contribution >= 4 is 0 Å². The number of nitrogens with zero attached hydrogens (tertiary/aromatic N) is 1. The molecule has 0 aliphatic heterocycles. The van der Waals surface area contributed by atoms with Crippen LogP contribution in [-0.2, 0) is 11.2 Å². The van der Waals surface area contributed by atoms with E-state index in [2.05, 4.69) is 43.1 Å². The molecule has 0 N–H and O–H groups in total. The van der Waals surface area contributed by atoms with Crippen LogP contribution in [0.1, 0.15) is 77.2 Å². The van der Waals surface area contributed by atoms with Gasteiger partial charge in [-0.3, -0.25) is 4.98 Å². The number of hydrogen-bond acceptors (Lipinski definition) is 3. The highest BCUT2D eigenvalue weighted by atomic mass is 16.5. The molecule has 1 heterocycles. The van der Waals surface area contributed by atoms with Gasteiger partial charge >= 0.3 is 0 Å². The van der Waals surface area contributed by atoms with Crippen LogP contribution in [0.2, 0.25) is 0 Å². The largest absolute Gasteiger partial charge is 0.494 e. The Balaban J connectivity index is 1.68. The van der Waals surface area contributed by atoms with Crippen LogP contribution in [0, 0.1) is 0 Å². The maximum absolute atomic E-state index is 5.83. The van der Waals surface area contributed by atoms with Crippen molar-refractivity contribution in [3.05, 3.63) is 48.2 Å². The number of aryl methyl sites for hydroxylation is 1. The van der Waals surface area contributed by atoms with Crippen molar-refractivity contribution in [2.75, 3.05) is 19.8 Å². The van der Waals surface area contributed by atoms with Crippen LogP contribution in [0.3, 0.4) is 0 Å². The fourth-order valence-electron chi connectivity index (χ4n) is 3.32. The molecule has 2 aromatic rings. The minimum absolute atomic E-state index is 0.736. The molecule has 2 rings (SSSR count). The second-order valence-electron chi connectivity index (χ2n) is 7.76. The summed E-state index contributed by atoms with van der Waals surface area (Å²) in [4.78, 5) is 4.66. The topological polar surface area (TPSA) is 31.4 Å². The Labute approximate surface area is 177 Å². The molecular weight excluding hydrogens is 358 g/mol. The van der Waals surface area contributed by atoms with Gasteiger partial charge in [-0.05, 0) is 68.0 Å². The first-order valence-corrected chi connectivity index (χ1v) is 11.6. The van der Waals surface area contributed by atoms with Gasteiger partial charge in [0.05, 0.1) is 12.3 Å². The van der Waals surface area contributed by atoms with Crippen LogP contribution in [0.5, 0.6) is 5.75 Å². The first-order valence-electron chi connectivity index (χ1n) is 11.6. The minimum Gasteiger partial charge on any atom is -0.494 e. The van der Waals surface area contributed by atoms with Gasteiger partial charge in [-0.25, -0.2) is 0 Å². The summed E-state index contributed by atoms with van der Waals surface area (Å²) in [6.45, 7) is 6.82. The van der Waals surface area contributed by atoms with Gasteiger partial charge in [0.1, 0.15) is 5.75 Å². The molecule has 0 bridgehead atoms. The number of unbranched alkanes of at least 4 members (excludes halogenated alkanes) is 6. The Bertz CT molecular complexity index is 637. The normalized spacial score (nSPS) is 11.0. The molecule has 0 atom stereocenters. The summed E-state index contributed by atoms with van der Waals surface area (Å²) in [5.74, 6) is 0.919. The Morgan fingerprint density at radius 1 is 0.690 bits per heavy atom. The quantitative estimate of drug-likeness (QED) is 0.280. The van der Waals surface area contributed by atoms with Crippen molar-refractivity contribution in [2.45, 2.75) is 78.1 Å². The van der Waals surface area contributed by atoms with Crippen LogP contribution in [0.25, 0.3) is 11.3 Å². The number of benzene rings is 1. The van der Waals surface area contributed by atoms with Crippen LogP contribution in [-0.4, -0.2) is 24.8 Å². The van der Waals surface area contributed by atoms with Crippen LogP contribution in [0.15, 0.2) is 42.6 Å². The third-order valence-corrected chi connectivity index (χ3v) is 5.09. The number of rotatable bonds is 16. The summed E-state index contributed by atoms with van der Waals surface area (Å²) >= 11 is 0. The first kappa shape index (κ1) is 23.4. The average molecular weight is 398 g/mol. The van der Waals surface area contributed by atoms with E-state index in [9.17, 15) is 0 Å². The van der Waals surface area contributed by atoms with E-state index < -0.39 is 0 Å². The fraction of sp³-hybridized carbons (Fsp3) is 0.577. The zero-order valence-electron chi connectivity index (χ0n) is 18.5. The second kappa shape index (κ2) is 15.0. The van der Waals surface area contributed by atoms with Gasteiger partial charge in [0, 0.05) is 25.0 Å². The average Bonchev–Trinajstić information content (AvgIpc) is 2.76. The molecule has 0 saturated heterocycles. The Kier molecular flexibility index (Phi) is 12.1. The summed E-state index contributed by atoms with van der Waals surface area (Å²) in [5, 5.41) is 0. The van der Waals surface area contributed by atoms with Gasteiger partial charge in [0.25, 0.3) is 0 Å². The maximum Gasteiger partial charge on any atom is 0.119 e. The van der Waals surface area contributed by atoms with E-state index in [1.807, 2.05) is 18.3 Å². The number of aromatic nitrogens is 1. The van der Waals surface area contributed by atoms with Crippen molar-refractivity contribution in [2.24, 2.45) is 0 Å². The Hall–Kier alpha value is -1.87. The molecule has 1 aromatic heterocycles. The standard InChI is InChI=1S/C26H39NO2/c1-3-5-6-7-8-9-12-23-13-18-26(27-22-23)24-14-16-25(17-15-24)29-21-11-10-20-28-19-4-2/h13-18,22H,3-12,19-21H2,1-2H3. The van der Waals surface area contributed by atoms with E-state index in [0.717, 1.165) is 62.5 Å². The molecule has 0 aliphatic rings. The highest BCUT2D eigenvalue weighted by Gasteiger charge is 2.02. The molecule has 0 saturated carbocycles. The summed E-state index contributed by atoms with van der Waals surface area (Å²) in [6.07, 6.45) is 14.3. The van der Waals surface area contributed by atoms with E-state index in [-0.39, 0.29) is 0 Å². The van der Waals surface area contributed by atoms with E-state index in [1.165, 1.54) is 44.1 Å². The van der Waals surface area contributed by atoms with Crippen molar-refractivity contribution in [3.63, 3.8) is 0 Å². The van der Waals surface area contributed by atoms with E-state index in [1.54, 1.807) is 0 Å². The molecule has 0 radical (unpaired) electrons. The summed E-state index contributed by atoms with van der Waals surface area (Å²) < 4.78 is 11.3. The second-order valence-corrected chi connectivity index (χ2v) is 7.76. The van der Waals surface area contributed by atoms with Crippen molar-refractivity contribution < 1.29 is 9.47 Å². The van der Waals surface area contributed by atoms with Crippen LogP contribution in [0.4, 0.5) is 0 Å². The fourth-order valence-corrected chi connectivity index (χ4v) is 3.32. The number of pyridine rings is 1. The lowest BCUT2D eigenvalue weighted by molar-refractivity contribution is 0.127.